The largest absolute Gasteiger partial charge is 0.369 e. The van der Waals surface area contributed by atoms with Crippen LogP contribution in [0.15, 0.2) is 54.6 Å². The first kappa shape index (κ1) is 16.1. The Morgan fingerprint density at radius 1 is 0.808 bits per heavy atom. The van der Waals surface area contributed by atoms with Gasteiger partial charge in [0.15, 0.2) is 0 Å². The van der Waals surface area contributed by atoms with Crippen molar-refractivity contribution in [2.75, 3.05) is 31.1 Å². The van der Waals surface area contributed by atoms with Crippen LogP contribution in [0.2, 0.25) is 0 Å². The number of carbonyl (C=O) groups is 1. The van der Waals surface area contributed by atoms with Gasteiger partial charge in [0.1, 0.15) is 5.78 Å². The third-order valence-corrected chi connectivity index (χ3v) is 6.70. The summed E-state index contributed by atoms with van der Waals surface area (Å²) in [5.74, 6) is 0.865. The van der Waals surface area contributed by atoms with Gasteiger partial charge in [-0.25, -0.2) is 0 Å². The molecule has 1 saturated carbocycles. The Morgan fingerprint density at radius 3 is 2.35 bits per heavy atom. The van der Waals surface area contributed by atoms with E-state index in [0.717, 1.165) is 39.0 Å². The van der Waals surface area contributed by atoms with Gasteiger partial charge in [-0.1, -0.05) is 42.5 Å². The number of nitrogens with zero attached hydrogens (tertiary/aromatic N) is 2. The maximum absolute atomic E-state index is 13.1. The lowest BCUT2D eigenvalue weighted by Crippen LogP contribution is -2.56. The lowest BCUT2D eigenvalue weighted by Gasteiger charge is -2.47. The van der Waals surface area contributed by atoms with Crippen molar-refractivity contribution in [2.45, 2.75) is 31.2 Å². The fraction of sp³-hybridized carbons (Fsp3) is 0.435. The number of hydrogen-bond donors (Lipinski definition) is 0. The molecule has 5 rings (SSSR count). The molecule has 3 unspecified atom stereocenters. The number of para-hydroxylation sites is 1. The number of rotatable bonds is 2. The van der Waals surface area contributed by atoms with Crippen LogP contribution in [-0.2, 0) is 11.2 Å². The monoisotopic (exact) mass is 346 g/mol. The van der Waals surface area contributed by atoms with E-state index < -0.39 is 0 Å². The van der Waals surface area contributed by atoms with Crippen LogP contribution in [0.25, 0.3) is 0 Å². The number of benzene rings is 2. The summed E-state index contributed by atoms with van der Waals surface area (Å²) < 4.78 is 0. The smallest absolute Gasteiger partial charge is 0.145 e. The van der Waals surface area contributed by atoms with Crippen LogP contribution in [0, 0.1) is 5.92 Å². The topological polar surface area (TPSA) is 23.6 Å². The SMILES string of the molecule is O=C1C2CCC(N3CCN(c4ccccc4)CC3)C1Cc1ccccc12. The molecule has 0 spiro atoms. The number of Topliss-reactive ketones (excluding diaryl/α,β-unsaturated/α-hetero) is 1. The molecule has 2 aromatic rings. The van der Waals surface area contributed by atoms with Crippen molar-refractivity contribution in [3.05, 3.63) is 65.7 Å². The van der Waals surface area contributed by atoms with Crippen LogP contribution in [0.4, 0.5) is 5.69 Å². The molecule has 2 bridgehead atoms. The number of anilines is 1. The molecule has 1 aliphatic heterocycles. The normalized spacial score (nSPS) is 28.7. The highest BCUT2D eigenvalue weighted by molar-refractivity contribution is 5.91. The third kappa shape index (κ3) is 2.66. The molecular weight excluding hydrogens is 320 g/mol. The van der Waals surface area contributed by atoms with Gasteiger partial charge in [-0.15, -0.1) is 0 Å². The van der Waals surface area contributed by atoms with Crippen LogP contribution in [0.1, 0.15) is 29.9 Å². The molecule has 134 valence electrons. The van der Waals surface area contributed by atoms with Crippen LogP contribution in [0.5, 0.6) is 0 Å². The van der Waals surface area contributed by atoms with Crippen molar-refractivity contribution in [1.82, 2.24) is 4.90 Å². The minimum absolute atomic E-state index is 0.159. The predicted molar refractivity (Wildman–Crippen MR) is 105 cm³/mol. The summed E-state index contributed by atoms with van der Waals surface area (Å²) in [5.41, 5.74) is 4.04. The van der Waals surface area contributed by atoms with E-state index in [9.17, 15) is 4.79 Å². The molecule has 0 amide bonds. The molecule has 3 atom stereocenters. The third-order valence-electron chi connectivity index (χ3n) is 6.70. The maximum atomic E-state index is 13.1. The van der Waals surface area contributed by atoms with Gasteiger partial charge < -0.3 is 4.90 Å². The number of hydrogen-bond acceptors (Lipinski definition) is 3. The minimum atomic E-state index is 0.159. The molecule has 1 heterocycles. The Morgan fingerprint density at radius 2 is 1.54 bits per heavy atom. The molecule has 0 radical (unpaired) electrons. The van der Waals surface area contributed by atoms with E-state index in [1.165, 1.54) is 23.2 Å². The Balaban J connectivity index is 1.31. The maximum Gasteiger partial charge on any atom is 0.145 e. The fourth-order valence-electron chi connectivity index (χ4n) is 5.36. The first-order valence-electron chi connectivity index (χ1n) is 9.97. The molecule has 2 fully saturated rings. The van der Waals surface area contributed by atoms with Gasteiger partial charge in [-0.3, -0.25) is 9.69 Å². The first-order valence-corrected chi connectivity index (χ1v) is 9.97. The second-order valence-corrected chi connectivity index (χ2v) is 7.97. The van der Waals surface area contributed by atoms with Gasteiger partial charge in [0.25, 0.3) is 0 Å². The molecule has 3 nitrogen and oxygen atoms in total. The van der Waals surface area contributed by atoms with Crippen LogP contribution >= 0.6 is 0 Å². The average molecular weight is 346 g/mol. The molecule has 1 saturated heterocycles. The van der Waals surface area contributed by atoms with Crippen molar-refractivity contribution < 1.29 is 4.79 Å². The highest BCUT2D eigenvalue weighted by Gasteiger charge is 2.45. The fourth-order valence-corrected chi connectivity index (χ4v) is 5.36. The van der Waals surface area contributed by atoms with E-state index in [1.807, 2.05) is 0 Å². The van der Waals surface area contributed by atoms with E-state index in [4.69, 9.17) is 0 Å². The summed E-state index contributed by atoms with van der Waals surface area (Å²) >= 11 is 0. The van der Waals surface area contributed by atoms with Gasteiger partial charge in [0.05, 0.1) is 0 Å². The number of fused-ring (bicyclic) bond motifs is 4. The summed E-state index contributed by atoms with van der Waals surface area (Å²) in [4.78, 5) is 18.1. The molecule has 0 N–H and O–H groups in total. The highest BCUT2D eigenvalue weighted by Crippen LogP contribution is 2.43. The van der Waals surface area contributed by atoms with Gasteiger partial charge >= 0.3 is 0 Å². The zero-order valence-electron chi connectivity index (χ0n) is 15.2. The molecule has 0 aromatic heterocycles. The van der Waals surface area contributed by atoms with E-state index in [1.54, 1.807) is 0 Å². The van der Waals surface area contributed by atoms with E-state index in [0.29, 0.717) is 11.8 Å². The van der Waals surface area contributed by atoms with Crippen LogP contribution in [0.3, 0.4) is 0 Å². The summed E-state index contributed by atoms with van der Waals surface area (Å²) in [6, 6.07) is 19.7. The van der Waals surface area contributed by atoms with E-state index in [-0.39, 0.29) is 11.8 Å². The van der Waals surface area contributed by atoms with Crippen molar-refractivity contribution in [1.29, 1.82) is 0 Å². The lowest BCUT2D eigenvalue weighted by molar-refractivity contribution is -0.130. The van der Waals surface area contributed by atoms with E-state index in [2.05, 4.69) is 64.4 Å². The van der Waals surface area contributed by atoms with Crippen LogP contribution in [-0.4, -0.2) is 42.9 Å². The Hall–Kier alpha value is -2.13. The standard InChI is InChI=1S/C23H26N2O/c26-23-20-10-11-22(21(23)16-17-6-4-5-9-19(17)20)25-14-12-24(13-15-25)18-7-2-1-3-8-18/h1-9,20-22H,10-16H2. The zero-order chi connectivity index (χ0) is 17.5. The van der Waals surface area contributed by atoms with E-state index >= 15 is 0 Å². The number of ketones is 1. The summed E-state index contributed by atoms with van der Waals surface area (Å²) in [6.07, 6.45) is 3.13. The first-order chi connectivity index (χ1) is 12.8. The Labute approximate surface area is 155 Å². The quantitative estimate of drug-likeness (QED) is 0.832. The zero-order valence-corrected chi connectivity index (χ0v) is 15.2. The van der Waals surface area contributed by atoms with Gasteiger partial charge in [0.2, 0.25) is 0 Å². The van der Waals surface area contributed by atoms with Gasteiger partial charge in [0, 0.05) is 49.7 Å². The Bertz CT molecular complexity index is 795. The van der Waals surface area contributed by atoms with Crippen LogP contribution < -0.4 is 4.90 Å². The molecule has 2 aliphatic carbocycles. The summed E-state index contributed by atoms with van der Waals surface area (Å²) in [5, 5.41) is 0. The van der Waals surface area contributed by atoms with Crippen molar-refractivity contribution in [2.24, 2.45) is 5.92 Å². The van der Waals surface area contributed by atoms with Crippen molar-refractivity contribution >= 4 is 11.5 Å². The molecular formula is C23H26N2O. The molecule has 26 heavy (non-hydrogen) atoms. The second kappa shape index (κ2) is 6.55. The number of carbonyl (C=O) groups excluding carboxylic acids is 1. The highest BCUT2D eigenvalue weighted by atomic mass is 16.1. The average Bonchev–Trinajstić information content (AvgIpc) is 2.69. The number of piperazine rings is 1. The summed E-state index contributed by atoms with van der Waals surface area (Å²) in [7, 11) is 0. The molecule has 2 aromatic carbocycles. The molecule has 3 heteroatoms. The summed E-state index contributed by atoms with van der Waals surface area (Å²) in [6.45, 7) is 4.24. The van der Waals surface area contributed by atoms with Gasteiger partial charge in [-0.2, -0.15) is 0 Å². The minimum Gasteiger partial charge on any atom is -0.369 e. The Kier molecular flexibility index (Phi) is 4.05. The second-order valence-electron chi connectivity index (χ2n) is 7.97. The lowest BCUT2D eigenvalue weighted by atomic mass is 9.66. The molecule has 3 aliphatic rings. The van der Waals surface area contributed by atoms with Crippen molar-refractivity contribution in [3.63, 3.8) is 0 Å². The van der Waals surface area contributed by atoms with Gasteiger partial charge in [-0.05, 0) is 42.5 Å². The predicted octanol–water partition coefficient (Wildman–Crippen LogP) is 3.50. The van der Waals surface area contributed by atoms with Crippen molar-refractivity contribution in [3.8, 4) is 0 Å².